The molecule has 0 saturated carbocycles. The Kier molecular flexibility index (Phi) is 71.4. The minimum atomic E-state index is -0.659. The summed E-state index contributed by atoms with van der Waals surface area (Å²) < 4.78 is 131. The van der Waals surface area contributed by atoms with Crippen molar-refractivity contribution in [2.24, 2.45) is 30.7 Å². The van der Waals surface area contributed by atoms with Crippen LogP contribution < -0.4 is 42.8 Å². The molecular formula is C92H150N18O30. The van der Waals surface area contributed by atoms with Crippen molar-refractivity contribution in [3.05, 3.63) is 108 Å². The Labute approximate surface area is 819 Å². The molecule has 4 aromatic heterocycles. The summed E-state index contributed by atoms with van der Waals surface area (Å²) >= 11 is 0. The van der Waals surface area contributed by atoms with Gasteiger partial charge < -0.3 is 146 Å². The van der Waals surface area contributed by atoms with E-state index >= 15 is 0 Å². The first kappa shape index (κ1) is 121. The van der Waals surface area contributed by atoms with Crippen molar-refractivity contribution in [2.45, 2.75) is 104 Å². The van der Waals surface area contributed by atoms with Crippen LogP contribution in [0.1, 0.15) is 115 Å². The number of azo groups is 2. The van der Waals surface area contributed by atoms with Gasteiger partial charge in [-0.05, 0) is 103 Å². The highest BCUT2D eigenvalue weighted by atomic mass is 16.6. The van der Waals surface area contributed by atoms with Crippen LogP contribution in [0.5, 0.6) is 0 Å². The van der Waals surface area contributed by atoms with Crippen molar-refractivity contribution < 1.29 is 142 Å². The smallest absolute Gasteiger partial charge is 0.407 e. The number of hydrogen-bond donors (Lipinski definition) is 8. The third-order valence-electron chi connectivity index (χ3n) is 17.6. The SMILES string of the molecule is CC(C)(C)OC(=O)NCCOCCOCCOCCOCCOCCOCCOCCOCCOCCOCCOCCNC(=O)CCCC(=O)Nc1ccc(C2=NNC(c3ccccn3)=NN2)nc1.CC(C)(C)OC(=O)NCCOCCOCCOCCOCCOCCOCCOCCOCCOCCOCCOCCNC(=O)CCCC(=O)Nc1ccc(C2N=NC(c3ccccn3)N=N2)nc1. The van der Waals surface area contributed by atoms with E-state index in [9.17, 15) is 28.8 Å². The number of nitrogens with zero attached hydrogens (tertiary/aromatic N) is 10. The molecule has 2 aliphatic rings. The molecule has 0 saturated heterocycles. The molecule has 0 aromatic carbocycles. The van der Waals surface area contributed by atoms with Crippen molar-refractivity contribution in [1.82, 2.24) is 52.1 Å². The zero-order chi connectivity index (χ0) is 100. The van der Waals surface area contributed by atoms with Gasteiger partial charge in [0.25, 0.3) is 0 Å². The normalized spacial score (nSPS) is 13.4. The third-order valence-corrected chi connectivity index (χ3v) is 17.6. The number of hydrazone groups is 2. The van der Waals surface area contributed by atoms with E-state index in [1.54, 1.807) is 42.7 Å². The second-order valence-corrected chi connectivity index (χ2v) is 31.6. The van der Waals surface area contributed by atoms with E-state index in [0.717, 1.165) is 0 Å². The Morgan fingerprint density at radius 3 is 0.764 bits per heavy atom. The summed E-state index contributed by atoms with van der Waals surface area (Å²) in [6.07, 6.45) is 5.83. The number of amides is 6. The van der Waals surface area contributed by atoms with Gasteiger partial charge in [0.2, 0.25) is 36.0 Å². The van der Waals surface area contributed by atoms with Gasteiger partial charge in [-0.3, -0.25) is 50.0 Å². The molecule has 0 spiro atoms. The molecule has 6 rings (SSSR count). The second-order valence-electron chi connectivity index (χ2n) is 31.6. The molecule has 140 heavy (non-hydrogen) atoms. The van der Waals surface area contributed by atoms with Gasteiger partial charge in [0.05, 0.1) is 326 Å². The van der Waals surface area contributed by atoms with Gasteiger partial charge in [-0.2, -0.15) is 30.7 Å². The van der Waals surface area contributed by atoms with Crippen molar-refractivity contribution in [2.75, 3.05) is 328 Å². The number of pyridine rings is 4. The van der Waals surface area contributed by atoms with E-state index in [0.29, 0.717) is 376 Å². The molecule has 0 atom stereocenters. The third kappa shape index (κ3) is 70.0. The Morgan fingerprint density at radius 2 is 0.521 bits per heavy atom. The van der Waals surface area contributed by atoms with Gasteiger partial charge in [-0.15, -0.1) is 0 Å². The zero-order valence-corrected chi connectivity index (χ0v) is 82.1. The van der Waals surface area contributed by atoms with Gasteiger partial charge in [0.1, 0.15) is 22.6 Å². The number of carbonyl (C=O) groups excluding carboxylic acids is 6. The number of amidine groups is 2. The fourth-order valence-electron chi connectivity index (χ4n) is 11.0. The first-order chi connectivity index (χ1) is 68.4. The van der Waals surface area contributed by atoms with E-state index in [2.05, 4.69) is 93.3 Å². The van der Waals surface area contributed by atoms with E-state index in [-0.39, 0.29) is 49.3 Å². The highest BCUT2D eigenvalue weighted by Gasteiger charge is 2.22. The molecule has 6 heterocycles. The van der Waals surface area contributed by atoms with Crippen LogP contribution >= 0.6 is 0 Å². The maximum Gasteiger partial charge on any atom is 0.407 e. The number of ether oxygens (including phenoxy) is 24. The lowest BCUT2D eigenvalue weighted by atomic mass is 10.2. The average molecular weight is 1990 g/mol. The Bertz CT molecular complexity index is 3900. The Morgan fingerprint density at radius 1 is 0.271 bits per heavy atom. The number of alkyl carbamates (subject to hydrolysis) is 2. The number of aromatic nitrogens is 4. The zero-order valence-electron chi connectivity index (χ0n) is 82.1. The molecule has 48 nitrogen and oxygen atoms in total. The number of anilines is 2. The number of carbonyl (C=O) groups is 6. The van der Waals surface area contributed by atoms with E-state index in [1.807, 2.05) is 71.9 Å². The lowest BCUT2D eigenvalue weighted by Crippen LogP contribution is -2.35. The quantitative estimate of drug-likeness (QED) is 0.0248. The van der Waals surface area contributed by atoms with Crippen LogP contribution in [0.4, 0.5) is 21.0 Å². The predicted molar refractivity (Wildman–Crippen MR) is 509 cm³/mol. The standard InChI is InChI=1S/2C46H75N9O15/c2*1-46(2,3)70-45(58)49-14-16-60-18-20-62-22-24-64-26-28-66-30-32-68-34-36-69-35-33-67-31-29-65-27-25-63-23-21-61-19-17-59-15-13-48-41(56)8-6-9-42(57)51-38-10-11-40(50-37-38)44-54-52-43(53-55-44)39-7-4-5-12-47-39/h4-5,7,10-12,37H,6,8-9,13-36H2,1-3H3,(H,48,56)(H,49,58)(H,51,57)(H,52,53)(H,54,55);4-5,7,10-12,37,43-44H,6,8-9,13-36H2,1-3H3,(H,48,56)(H,49,58)(H,51,57). The molecule has 788 valence electrons. The first-order valence-corrected chi connectivity index (χ1v) is 47.4. The molecule has 2 aliphatic heterocycles. The minimum absolute atomic E-state index is 0.151. The van der Waals surface area contributed by atoms with Crippen molar-refractivity contribution in [1.29, 1.82) is 0 Å². The summed E-state index contributed by atoms with van der Waals surface area (Å²) in [5.74, 6) is 0.164. The molecule has 8 N–H and O–H groups in total. The molecule has 4 aromatic rings. The topological polar surface area (TPSA) is 546 Å². The summed E-state index contributed by atoms with van der Waals surface area (Å²) in [5, 5.41) is 41.7. The predicted octanol–water partition coefficient (Wildman–Crippen LogP) is 5.65. The van der Waals surface area contributed by atoms with Crippen LogP contribution in [0.15, 0.2) is 116 Å². The molecule has 6 amide bonds. The van der Waals surface area contributed by atoms with E-state index in [1.165, 1.54) is 12.4 Å². The van der Waals surface area contributed by atoms with Gasteiger partial charge in [-0.1, -0.05) is 12.1 Å². The van der Waals surface area contributed by atoms with Crippen molar-refractivity contribution in [3.63, 3.8) is 0 Å². The summed E-state index contributed by atoms with van der Waals surface area (Å²) in [6, 6.07) is 17.8. The lowest BCUT2D eigenvalue weighted by Gasteiger charge is -2.19. The van der Waals surface area contributed by atoms with Gasteiger partial charge in [-0.25, -0.2) is 9.59 Å². The summed E-state index contributed by atoms with van der Waals surface area (Å²) in [4.78, 5) is 89.2. The molecule has 0 radical (unpaired) electrons. The van der Waals surface area contributed by atoms with Crippen LogP contribution in [-0.2, 0) is 133 Å². The Balaban J connectivity index is 0.000000494. The maximum atomic E-state index is 12.4. The van der Waals surface area contributed by atoms with Crippen LogP contribution in [-0.4, -0.2) is 396 Å². The summed E-state index contributed by atoms with van der Waals surface area (Å²) in [5.41, 5.74) is 8.10. The number of hydrogen-bond acceptors (Lipinski definition) is 42. The van der Waals surface area contributed by atoms with Gasteiger partial charge >= 0.3 is 12.2 Å². The average Bonchev–Trinajstić information content (AvgIpc) is 0.840. The van der Waals surface area contributed by atoms with Gasteiger partial charge in [0, 0.05) is 64.3 Å². The Hall–Kier alpha value is -9.72. The number of nitrogens with one attached hydrogen (secondary N) is 8. The largest absolute Gasteiger partial charge is 0.444 e. The summed E-state index contributed by atoms with van der Waals surface area (Å²) in [7, 11) is 0. The maximum absolute atomic E-state index is 12.4. The van der Waals surface area contributed by atoms with Crippen LogP contribution in [0.25, 0.3) is 0 Å². The lowest BCUT2D eigenvalue weighted by molar-refractivity contribution is -0.123. The molecule has 0 aliphatic carbocycles. The molecule has 0 unspecified atom stereocenters. The highest BCUT2D eigenvalue weighted by molar-refractivity contribution is 6.04. The second kappa shape index (κ2) is 82.8. The molecule has 0 bridgehead atoms. The van der Waals surface area contributed by atoms with E-state index < -0.39 is 35.7 Å². The first-order valence-electron chi connectivity index (χ1n) is 47.4. The number of rotatable bonds is 86. The highest BCUT2D eigenvalue weighted by Crippen LogP contribution is 2.29. The fraction of sp³-hybridized carbons (Fsp3) is 0.696. The van der Waals surface area contributed by atoms with Crippen molar-refractivity contribution >= 4 is 58.9 Å². The van der Waals surface area contributed by atoms with Crippen molar-refractivity contribution in [3.8, 4) is 0 Å². The van der Waals surface area contributed by atoms with E-state index in [4.69, 9.17) is 114 Å². The van der Waals surface area contributed by atoms with Crippen LogP contribution in [0.3, 0.4) is 0 Å². The fourth-order valence-corrected chi connectivity index (χ4v) is 11.0. The minimum Gasteiger partial charge on any atom is -0.444 e. The van der Waals surface area contributed by atoms with Gasteiger partial charge in [0.15, 0.2) is 11.7 Å². The van der Waals surface area contributed by atoms with Crippen LogP contribution in [0, 0.1) is 0 Å². The molecule has 48 heteroatoms. The molecular weight excluding hydrogens is 1840 g/mol. The summed E-state index contributed by atoms with van der Waals surface area (Å²) in [6.45, 7) is 31.8. The molecule has 0 fully saturated rings. The van der Waals surface area contributed by atoms with Crippen LogP contribution in [0.2, 0.25) is 0 Å². The monoisotopic (exact) mass is 1990 g/mol.